The monoisotopic (exact) mass is 366 g/mol. The van der Waals surface area contributed by atoms with Crippen LogP contribution in [-0.2, 0) is 4.79 Å². The summed E-state index contributed by atoms with van der Waals surface area (Å²) in [5, 5.41) is 3.45. The minimum atomic E-state index is -2.85. The molecule has 2 fully saturated rings. The van der Waals surface area contributed by atoms with E-state index in [0.29, 0.717) is 27.2 Å². The molecule has 1 aromatic carbocycles. The van der Waals surface area contributed by atoms with Crippen molar-refractivity contribution in [3.63, 3.8) is 0 Å². The smallest absolute Gasteiger partial charge is 0.387 e. The van der Waals surface area contributed by atoms with Gasteiger partial charge in [0, 0.05) is 5.92 Å². The fraction of sp³-hybridized carbons (Fsp3) is 0.556. The van der Waals surface area contributed by atoms with Gasteiger partial charge in [-0.15, -0.1) is 0 Å². The van der Waals surface area contributed by atoms with Crippen LogP contribution in [0.1, 0.15) is 38.5 Å². The molecule has 2 bridgehead atoms. The number of nitrogens with one attached hydrogen (secondary N) is 1. The standard InChI is InChI=1S/C18H20F2N2O2S/c19-17(20)24-13-4-5-14-15(9-13)25-18(21-14)22-16(23)12-7-10-2-1-3-11(6-10)8-12/h4-5,9-12,17H,1-3,6-8H2,(H,21,22,23). The van der Waals surface area contributed by atoms with Gasteiger partial charge in [-0.1, -0.05) is 30.6 Å². The lowest BCUT2D eigenvalue weighted by Crippen LogP contribution is -2.33. The van der Waals surface area contributed by atoms with E-state index in [4.69, 9.17) is 0 Å². The first-order chi connectivity index (χ1) is 12.1. The van der Waals surface area contributed by atoms with E-state index in [9.17, 15) is 13.6 Å². The lowest BCUT2D eigenvalue weighted by Gasteiger charge is -2.38. The van der Waals surface area contributed by atoms with Gasteiger partial charge in [0.25, 0.3) is 0 Å². The molecule has 134 valence electrons. The number of fused-ring (bicyclic) bond motifs is 3. The Balaban J connectivity index is 1.45. The van der Waals surface area contributed by atoms with Crippen molar-refractivity contribution in [3.05, 3.63) is 18.2 Å². The molecule has 0 saturated heterocycles. The first-order valence-corrected chi connectivity index (χ1v) is 9.55. The van der Waals surface area contributed by atoms with Crippen LogP contribution < -0.4 is 10.1 Å². The molecule has 2 aliphatic carbocycles. The summed E-state index contributed by atoms with van der Waals surface area (Å²) >= 11 is 1.28. The van der Waals surface area contributed by atoms with Crippen molar-refractivity contribution >= 4 is 32.6 Å². The topological polar surface area (TPSA) is 51.2 Å². The molecule has 25 heavy (non-hydrogen) atoms. The van der Waals surface area contributed by atoms with Crippen LogP contribution in [0.2, 0.25) is 0 Å². The maximum Gasteiger partial charge on any atom is 0.387 e. The highest BCUT2D eigenvalue weighted by molar-refractivity contribution is 7.22. The van der Waals surface area contributed by atoms with E-state index in [1.807, 2.05) is 0 Å². The molecule has 4 rings (SSSR count). The number of alkyl halides is 2. The Hall–Kier alpha value is -1.76. The largest absolute Gasteiger partial charge is 0.435 e. The zero-order valence-electron chi connectivity index (χ0n) is 13.7. The van der Waals surface area contributed by atoms with Crippen molar-refractivity contribution in [2.24, 2.45) is 17.8 Å². The minimum Gasteiger partial charge on any atom is -0.435 e. The third-order valence-corrected chi connectivity index (χ3v) is 6.25. The molecule has 0 spiro atoms. The number of aromatic nitrogens is 1. The highest BCUT2D eigenvalue weighted by Gasteiger charge is 2.35. The van der Waals surface area contributed by atoms with E-state index in [1.54, 1.807) is 6.07 Å². The van der Waals surface area contributed by atoms with Crippen molar-refractivity contribution < 1.29 is 18.3 Å². The van der Waals surface area contributed by atoms with Gasteiger partial charge >= 0.3 is 6.61 Å². The Morgan fingerprint density at radius 2 is 2.00 bits per heavy atom. The molecule has 1 amide bonds. The SMILES string of the molecule is O=C(Nc1nc2ccc(OC(F)F)cc2s1)C1CC2CCCC(C2)C1. The maximum absolute atomic E-state index is 12.6. The van der Waals surface area contributed by atoms with Crippen LogP contribution in [-0.4, -0.2) is 17.5 Å². The molecule has 2 atom stereocenters. The van der Waals surface area contributed by atoms with Crippen molar-refractivity contribution in [1.29, 1.82) is 0 Å². The number of rotatable bonds is 4. The number of anilines is 1. The van der Waals surface area contributed by atoms with E-state index in [1.165, 1.54) is 49.2 Å². The summed E-state index contributed by atoms with van der Waals surface area (Å²) in [5.74, 6) is 1.58. The van der Waals surface area contributed by atoms with Crippen LogP contribution in [0, 0.1) is 17.8 Å². The molecule has 7 heteroatoms. The molecule has 2 aromatic rings. The summed E-state index contributed by atoms with van der Waals surface area (Å²) in [6.45, 7) is -2.85. The van der Waals surface area contributed by atoms with Crippen molar-refractivity contribution in [3.8, 4) is 5.75 Å². The summed E-state index contributed by atoms with van der Waals surface area (Å²) in [5.41, 5.74) is 0.669. The highest BCUT2D eigenvalue weighted by atomic mass is 32.1. The average molecular weight is 366 g/mol. The van der Waals surface area contributed by atoms with E-state index in [-0.39, 0.29) is 17.6 Å². The third kappa shape index (κ3) is 3.76. The van der Waals surface area contributed by atoms with Gasteiger partial charge in [-0.25, -0.2) is 4.98 Å². The van der Waals surface area contributed by atoms with Gasteiger partial charge in [-0.3, -0.25) is 4.79 Å². The average Bonchev–Trinajstić information content (AvgIpc) is 2.95. The molecule has 1 N–H and O–H groups in total. The maximum atomic E-state index is 12.6. The van der Waals surface area contributed by atoms with Crippen LogP contribution in [0.3, 0.4) is 0 Å². The summed E-state index contributed by atoms with van der Waals surface area (Å²) in [6, 6.07) is 4.62. The molecule has 2 saturated carbocycles. The predicted molar refractivity (Wildman–Crippen MR) is 93.1 cm³/mol. The number of ether oxygens (including phenoxy) is 1. The fourth-order valence-electron chi connectivity index (χ4n) is 4.29. The van der Waals surface area contributed by atoms with E-state index < -0.39 is 6.61 Å². The highest BCUT2D eigenvalue weighted by Crippen LogP contribution is 2.43. The molecule has 2 aliphatic rings. The van der Waals surface area contributed by atoms with E-state index in [0.717, 1.165) is 12.8 Å². The van der Waals surface area contributed by atoms with Crippen molar-refractivity contribution in [2.75, 3.05) is 5.32 Å². The second-order valence-electron chi connectivity index (χ2n) is 7.08. The lowest BCUT2D eigenvalue weighted by molar-refractivity contribution is -0.122. The quantitative estimate of drug-likeness (QED) is 0.823. The number of halogens is 2. The molecule has 0 radical (unpaired) electrons. The first kappa shape index (κ1) is 16.7. The molecule has 2 unspecified atom stereocenters. The number of carbonyl (C=O) groups excluding carboxylic acids is 1. The summed E-state index contributed by atoms with van der Waals surface area (Å²) in [4.78, 5) is 17.0. The number of nitrogens with zero attached hydrogens (tertiary/aromatic N) is 1. The zero-order chi connectivity index (χ0) is 17.4. The van der Waals surface area contributed by atoms with Gasteiger partial charge in [0.05, 0.1) is 10.2 Å². The van der Waals surface area contributed by atoms with Crippen LogP contribution in [0.15, 0.2) is 18.2 Å². The number of hydrogen-bond acceptors (Lipinski definition) is 4. The Morgan fingerprint density at radius 1 is 1.24 bits per heavy atom. The summed E-state index contributed by atoms with van der Waals surface area (Å²) in [7, 11) is 0. The van der Waals surface area contributed by atoms with Gasteiger partial charge in [0.2, 0.25) is 5.91 Å². The van der Waals surface area contributed by atoms with Gasteiger partial charge in [-0.05, 0) is 49.3 Å². The second kappa shape index (κ2) is 6.86. The number of benzene rings is 1. The normalized spacial score (nSPS) is 26.0. The first-order valence-electron chi connectivity index (χ1n) is 8.73. The van der Waals surface area contributed by atoms with E-state index >= 15 is 0 Å². The van der Waals surface area contributed by atoms with Crippen LogP contribution in [0.5, 0.6) is 5.75 Å². The van der Waals surface area contributed by atoms with Gasteiger partial charge in [-0.2, -0.15) is 8.78 Å². The van der Waals surface area contributed by atoms with Gasteiger partial charge < -0.3 is 10.1 Å². The zero-order valence-corrected chi connectivity index (χ0v) is 14.5. The lowest BCUT2D eigenvalue weighted by atomic mass is 9.68. The predicted octanol–water partition coefficient (Wildman–Crippen LogP) is 5.05. The molecular formula is C18H20F2N2O2S. The van der Waals surface area contributed by atoms with Crippen LogP contribution in [0.25, 0.3) is 10.2 Å². The summed E-state index contributed by atoms with van der Waals surface area (Å²) < 4.78 is 29.7. The van der Waals surface area contributed by atoms with Gasteiger partial charge in [0.15, 0.2) is 5.13 Å². The Bertz CT molecular complexity index is 768. The minimum absolute atomic E-state index is 0.0414. The van der Waals surface area contributed by atoms with Crippen LogP contribution in [0.4, 0.5) is 13.9 Å². The fourth-order valence-corrected chi connectivity index (χ4v) is 5.18. The molecule has 1 heterocycles. The van der Waals surface area contributed by atoms with Crippen molar-refractivity contribution in [2.45, 2.75) is 45.1 Å². The second-order valence-corrected chi connectivity index (χ2v) is 8.11. The van der Waals surface area contributed by atoms with E-state index in [2.05, 4.69) is 15.0 Å². The molecule has 4 nitrogen and oxygen atoms in total. The number of amides is 1. The third-order valence-electron chi connectivity index (χ3n) is 5.31. The number of carbonyl (C=O) groups is 1. The Morgan fingerprint density at radius 3 is 2.72 bits per heavy atom. The summed E-state index contributed by atoms with van der Waals surface area (Å²) in [6.07, 6.45) is 7.00. The van der Waals surface area contributed by atoms with Gasteiger partial charge in [0.1, 0.15) is 5.75 Å². The molecule has 1 aromatic heterocycles. The van der Waals surface area contributed by atoms with Crippen LogP contribution >= 0.6 is 11.3 Å². The Kier molecular flexibility index (Phi) is 4.58. The number of hydrogen-bond donors (Lipinski definition) is 1. The Labute approximate surface area is 148 Å². The van der Waals surface area contributed by atoms with Crippen molar-refractivity contribution in [1.82, 2.24) is 4.98 Å². The molecular weight excluding hydrogens is 346 g/mol. The molecule has 0 aliphatic heterocycles. The number of thiazole rings is 1.